The summed E-state index contributed by atoms with van der Waals surface area (Å²) in [5, 5.41) is 8.67. The Labute approximate surface area is 105 Å². The van der Waals surface area contributed by atoms with Crippen LogP contribution in [-0.2, 0) is 9.53 Å². The lowest BCUT2D eigenvalue weighted by Gasteiger charge is -2.18. The summed E-state index contributed by atoms with van der Waals surface area (Å²) < 4.78 is 18.5. The number of hydrogen-bond donors (Lipinski definition) is 0. The molecule has 0 radical (unpaired) electrons. The van der Waals surface area contributed by atoms with Crippen LogP contribution in [0.15, 0.2) is 18.2 Å². The van der Waals surface area contributed by atoms with Gasteiger partial charge in [-0.3, -0.25) is 4.79 Å². The summed E-state index contributed by atoms with van der Waals surface area (Å²) in [4.78, 5) is 13.2. The maximum atomic E-state index is 13.8. The number of carbonyl (C=O) groups excluding carboxylic acids is 1. The van der Waals surface area contributed by atoms with E-state index in [1.807, 2.05) is 6.07 Å². The molecule has 0 N–H and O–H groups in total. The van der Waals surface area contributed by atoms with Gasteiger partial charge in [0.1, 0.15) is 5.82 Å². The summed E-state index contributed by atoms with van der Waals surface area (Å²) in [7, 11) is 1.35. The van der Waals surface area contributed by atoms with E-state index < -0.39 is 5.82 Å². The molecule has 0 aromatic heterocycles. The molecule has 94 valence electrons. The first kappa shape index (κ1) is 12.4. The number of halogens is 1. The Hall–Kier alpha value is -2.09. The topological polar surface area (TPSA) is 53.3 Å². The molecule has 1 atom stereocenters. The minimum Gasteiger partial charge on any atom is -0.469 e. The van der Waals surface area contributed by atoms with E-state index in [1.54, 1.807) is 17.0 Å². The molecular weight excluding hydrogens is 235 g/mol. The second-order valence-electron chi connectivity index (χ2n) is 4.23. The first-order chi connectivity index (χ1) is 8.65. The van der Waals surface area contributed by atoms with Gasteiger partial charge in [0, 0.05) is 13.1 Å². The average Bonchev–Trinajstić information content (AvgIpc) is 2.87. The largest absolute Gasteiger partial charge is 0.469 e. The maximum absolute atomic E-state index is 13.8. The van der Waals surface area contributed by atoms with Crippen molar-refractivity contribution < 1.29 is 13.9 Å². The molecule has 0 saturated carbocycles. The molecule has 5 heteroatoms. The van der Waals surface area contributed by atoms with Gasteiger partial charge in [-0.15, -0.1) is 0 Å². The molecule has 0 aliphatic carbocycles. The van der Waals surface area contributed by atoms with Crippen molar-refractivity contribution >= 4 is 11.7 Å². The van der Waals surface area contributed by atoms with Crippen molar-refractivity contribution in [1.82, 2.24) is 0 Å². The summed E-state index contributed by atoms with van der Waals surface area (Å²) in [6, 6.07) is 6.25. The lowest BCUT2D eigenvalue weighted by molar-refractivity contribution is -0.144. The third kappa shape index (κ3) is 2.28. The molecule has 1 aromatic carbocycles. The minimum atomic E-state index is -0.431. The first-order valence-electron chi connectivity index (χ1n) is 5.68. The van der Waals surface area contributed by atoms with Crippen molar-refractivity contribution in [3.63, 3.8) is 0 Å². The van der Waals surface area contributed by atoms with Crippen molar-refractivity contribution in [2.75, 3.05) is 25.1 Å². The van der Waals surface area contributed by atoms with Gasteiger partial charge in [-0.05, 0) is 24.6 Å². The van der Waals surface area contributed by atoms with E-state index in [1.165, 1.54) is 13.2 Å². The monoisotopic (exact) mass is 248 g/mol. The summed E-state index contributed by atoms with van der Waals surface area (Å²) in [5.74, 6) is -0.892. The van der Waals surface area contributed by atoms with Crippen LogP contribution in [0.5, 0.6) is 0 Å². The fourth-order valence-electron chi connectivity index (χ4n) is 2.17. The number of methoxy groups -OCH3 is 1. The standard InChI is InChI=1S/C13H13FN2O2/c1-18-13(17)10-4-5-16(8-10)12-3-2-9(7-15)6-11(12)14/h2-3,6,10H,4-5,8H2,1H3. The van der Waals surface area contributed by atoms with Crippen molar-refractivity contribution in [3.05, 3.63) is 29.6 Å². The molecular formula is C13H13FN2O2. The van der Waals surface area contributed by atoms with Gasteiger partial charge in [-0.2, -0.15) is 5.26 Å². The third-order valence-electron chi connectivity index (χ3n) is 3.14. The van der Waals surface area contributed by atoms with Crippen LogP contribution in [-0.4, -0.2) is 26.2 Å². The highest BCUT2D eigenvalue weighted by Crippen LogP contribution is 2.27. The van der Waals surface area contributed by atoms with Crippen molar-refractivity contribution in [2.24, 2.45) is 5.92 Å². The van der Waals surface area contributed by atoms with Crippen LogP contribution in [0.3, 0.4) is 0 Å². The van der Waals surface area contributed by atoms with E-state index in [0.717, 1.165) is 0 Å². The number of rotatable bonds is 2. The highest BCUT2D eigenvalue weighted by molar-refractivity contribution is 5.74. The molecule has 1 aliphatic heterocycles. The zero-order chi connectivity index (χ0) is 13.1. The quantitative estimate of drug-likeness (QED) is 0.747. The molecule has 1 unspecified atom stereocenters. The van der Waals surface area contributed by atoms with Gasteiger partial charge in [0.25, 0.3) is 0 Å². The Morgan fingerprint density at radius 3 is 3.00 bits per heavy atom. The highest BCUT2D eigenvalue weighted by atomic mass is 19.1. The van der Waals surface area contributed by atoms with Crippen LogP contribution in [0, 0.1) is 23.1 Å². The van der Waals surface area contributed by atoms with Crippen molar-refractivity contribution in [1.29, 1.82) is 5.26 Å². The summed E-state index contributed by atoms with van der Waals surface area (Å²) in [6.45, 7) is 1.07. The van der Waals surface area contributed by atoms with Gasteiger partial charge in [0.05, 0.1) is 30.3 Å². The average molecular weight is 248 g/mol. The molecule has 1 heterocycles. The lowest BCUT2D eigenvalue weighted by atomic mass is 10.1. The molecule has 0 bridgehead atoms. The van der Waals surface area contributed by atoms with E-state index in [-0.39, 0.29) is 11.9 Å². The van der Waals surface area contributed by atoms with Gasteiger partial charge in [0.15, 0.2) is 0 Å². The fraction of sp³-hybridized carbons (Fsp3) is 0.385. The van der Waals surface area contributed by atoms with Gasteiger partial charge >= 0.3 is 5.97 Å². The first-order valence-corrected chi connectivity index (χ1v) is 5.68. The van der Waals surface area contributed by atoms with E-state index in [0.29, 0.717) is 30.8 Å². The molecule has 1 aliphatic rings. The predicted octanol–water partition coefficient (Wildman–Crippen LogP) is 1.70. The van der Waals surface area contributed by atoms with E-state index in [4.69, 9.17) is 5.26 Å². The Bertz CT molecular complexity index is 510. The SMILES string of the molecule is COC(=O)C1CCN(c2ccc(C#N)cc2F)C1. The number of carbonyl (C=O) groups is 1. The van der Waals surface area contributed by atoms with Crippen molar-refractivity contribution in [2.45, 2.75) is 6.42 Å². The van der Waals surface area contributed by atoms with Crippen molar-refractivity contribution in [3.8, 4) is 6.07 Å². The second-order valence-corrected chi connectivity index (χ2v) is 4.23. The van der Waals surface area contributed by atoms with Gasteiger partial charge in [0.2, 0.25) is 0 Å². The zero-order valence-corrected chi connectivity index (χ0v) is 10.0. The number of hydrogen-bond acceptors (Lipinski definition) is 4. The smallest absolute Gasteiger partial charge is 0.310 e. The number of esters is 1. The highest BCUT2D eigenvalue weighted by Gasteiger charge is 2.30. The van der Waals surface area contributed by atoms with Crippen LogP contribution < -0.4 is 4.90 Å². The van der Waals surface area contributed by atoms with Crippen LogP contribution in [0.1, 0.15) is 12.0 Å². The van der Waals surface area contributed by atoms with Gasteiger partial charge in [-0.1, -0.05) is 0 Å². The number of nitrogens with zero attached hydrogens (tertiary/aromatic N) is 2. The van der Waals surface area contributed by atoms with E-state index in [9.17, 15) is 9.18 Å². The van der Waals surface area contributed by atoms with Gasteiger partial charge in [-0.25, -0.2) is 4.39 Å². The van der Waals surface area contributed by atoms with Crippen LogP contribution >= 0.6 is 0 Å². The predicted molar refractivity (Wildman–Crippen MR) is 63.5 cm³/mol. The number of ether oxygens (including phenoxy) is 1. The Morgan fingerprint density at radius 2 is 2.39 bits per heavy atom. The minimum absolute atomic E-state index is 0.204. The molecule has 0 spiro atoms. The second kappa shape index (κ2) is 5.05. The van der Waals surface area contributed by atoms with E-state index in [2.05, 4.69) is 4.74 Å². The van der Waals surface area contributed by atoms with E-state index >= 15 is 0 Å². The Morgan fingerprint density at radius 1 is 1.61 bits per heavy atom. The lowest BCUT2D eigenvalue weighted by Crippen LogP contribution is -2.24. The molecule has 2 rings (SSSR count). The molecule has 0 amide bonds. The summed E-state index contributed by atoms with van der Waals surface area (Å²) in [6.07, 6.45) is 0.659. The summed E-state index contributed by atoms with van der Waals surface area (Å²) >= 11 is 0. The Kier molecular flexibility index (Phi) is 3.47. The summed E-state index contributed by atoms with van der Waals surface area (Å²) in [5.41, 5.74) is 0.723. The molecule has 4 nitrogen and oxygen atoms in total. The number of benzene rings is 1. The third-order valence-corrected chi connectivity index (χ3v) is 3.14. The number of anilines is 1. The Balaban J connectivity index is 2.15. The maximum Gasteiger partial charge on any atom is 0.310 e. The number of nitriles is 1. The van der Waals surface area contributed by atoms with Crippen LogP contribution in [0.25, 0.3) is 0 Å². The van der Waals surface area contributed by atoms with Crippen LogP contribution in [0.4, 0.5) is 10.1 Å². The zero-order valence-electron chi connectivity index (χ0n) is 10.0. The fourth-order valence-corrected chi connectivity index (χ4v) is 2.17. The van der Waals surface area contributed by atoms with Gasteiger partial charge < -0.3 is 9.64 Å². The molecule has 1 fully saturated rings. The normalized spacial score (nSPS) is 18.5. The molecule has 18 heavy (non-hydrogen) atoms. The van der Waals surface area contributed by atoms with Crippen LogP contribution in [0.2, 0.25) is 0 Å². The molecule has 1 saturated heterocycles. The molecule has 1 aromatic rings.